The van der Waals surface area contributed by atoms with Crippen LogP contribution < -0.4 is 0 Å². The van der Waals surface area contributed by atoms with Crippen molar-refractivity contribution in [2.45, 2.75) is 0 Å². The third-order valence-corrected chi connectivity index (χ3v) is 4.39. The number of hydrogen-bond donors (Lipinski definition) is 5. The Labute approximate surface area is 102 Å². The number of aliphatic hydroxyl groups is 3. The van der Waals surface area contributed by atoms with Gasteiger partial charge in [0.1, 0.15) is 0 Å². The van der Waals surface area contributed by atoms with Crippen molar-refractivity contribution in [1.82, 2.24) is 0 Å². The highest BCUT2D eigenvalue weighted by molar-refractivity contribution is 7.84. The van der Waals surface area contributed by atoms with Crippen LogP contribution in [0.3, 0.4) is 0 Å². The van der Waals surface area contributed by atoms with E-state index in [1.54, 1.807) is 0 Å². The fourth-order valence-corrected chi connectivity index (χ4v) is 3.00. The highest BCUT2D eigenvalue weighted by Gasteiger charge is 2.37. The van der Waals surface area contributed by atoms with Crippen molar-refractivity contribution >= 4 is 26.0 Å². The Morgan fingerprint density at radius 2 is 1.47 bits per heavy atom. The van der Waals surface area contributed by atoms with Gasteiger partial charge in [-0.15, -0.1) is 0 Å². The third-order valence-electron chi connectivity index (χ3n) is 1.74. The predicted octanol–water partition coefficient (Wildman–Crippen LogP) is -0.578. The molecule has 0 saturated carbocycles. The van der Waals surface area contributed by atoms with E-state index in [0.717, 1.165) is 0 Å². The number of phosphoric ester groups is 1. The smallest absolute Gasteiger partial charge is 0.396 e. The number of halogens is 1. The second kappa shape index (κ2) is 6.58. The molecule has 0 aromatic carbocycles. The zero-order valence-corrected chi connectivity index (χ0v) is 11.0. The molecule has 0 radical (unpaired) electrons. The maximum Gasteiger partial charge on any atom is 0.480 e. The monoisotopic (exact) mass is 314 g/mol. The Balaban J connectivity index is 4.54. The molecule has 0 aliphatic rings. The standard InChI is InChI=1S/C5H13ClO9P2/c6-16(10,11)15-17(12,13)14-4-5(1-7,2-8)3-9/h7-9H,1-4H2,(H,10,11)(H,12,13). The van der Waals surface area contributed by atoms with Crippen LogP contribution in [-0.4, -0.2) is 51.5 Å². The zero-order valence-electron chi connectivity index (χ0n) is 8.47. The van der Waals surface area contributed by atoms with Crippen molar-refractivity contribution < 1.29 is 43.1 Å². The molecule has 0 heterocycles. The molecule has 12 heteroatoms. The fraction of sp³-hybridized carbons (Fsp3) is 1.00. The molecule has 0 aliphatic heterocycles. The van der Waals surface area contributed by atoms with Crippen LogP contribution in [0.25, 0.3) is 0 Å². The number of hydrogen-bond acceptors (Lipinski definition) is 7. The quantitative estimate of drug-likeness (QED) is 0.370. The highest BCUT2D eigenvalue weighted by Crippen LogP contribution is 2.62. The third kappa shape index (κ3) is 6.83. The van der Waals surface area contributed by atoms with Gasteiger partial charge in [0.25, 0.3) is 0 Å². The zero-order chi connectivity index (χ0) is 13.7. The Bertz CT molecular complexity index is 315. The average molecular weight is 315 g/mol. The highest BCUT2D eigenvalue weighted by atomic mass is 35.7. The summed E-state index contributed by atoms with van der Waals surface area (Å²) in [6.07, 6.45) is 0. The van der Waals surface area contributed by atoms with Gasteiger partial charge in [0, 0.05) is 11.2 Å². The maximum absolute atomic E-state index is 11.1. The van der Waals surface area contributed by atoms with Crippen LogP contribution in [0.5, 0.6) is 0 Å². The molecule has 0 fully saturated rings. The number of phosphoric acid groups is 1. The first-order valence-electron chi connectivity index (χ1n) is 4.13. The molecular weight excluding hydrogens is 301 g/mol. The van der Waals surface area contributed by atoms with Crippen molar-refractivity contribution in [3.05, 3.63) is 0 Å². The number of aliphatic hydroxyl groups excluding tert-OH is 3. The van der Waals surface area contributed by atoms with Gasteiger partial charge in [-0.3, -0.25) is 4.52 Å². The minimum absolute atomic E-state index is 0.738. The fourth-order valence-electron chi connectivity index (χ4n) is 0.656. The lowest BCUT2D eigenvalue weighted by molar-refractivity contribution is -0.0312. The molecule has 2 unspecified atom stereocenters. The molecule has 104 valence electrons. The predicted molar refractivity (Wildman–Crippen MR) is 56.2 cm³/mol. The molecule has 17 heavy (non-hydrogen) atoms. The molecule has 0 spiro atoms. The van der Waals surface area contributed by atoms with E-state index < -0.39 is 46.6 Å². The van der Waals surface area contributed by atoms with E-state index >= 15 is 0 Å². The van der Waals surface area contributed by atoms with Gasteiger partial charge < -0.3 is 25.1 Å². The molecule has 0 aromatic heterocycles. The summed E-state index contributed by atoms with van der Waals surface area (Å²) < 4.78 is 29.5. The summed E-state index contributed by atoms with van der Waals surface area (Å²) in [7, 11) is -4.93. The summed E-state index contributed by atoms with van der Waals surface area (Å²) >= 11 is 4.70. The van der Waals surface area contributed by atoms with E-state index in [1.165, 1.54) is 0 Å². The van der Waals surface area contributed by atoms with Crippen LogP contribution in [0, 0.1) is 5.41 Å². The van der Waals surface area contributed by atoms with Crippen molar-refractivity contribution in [1.29, 1.82) is 0 Å². The van der Waals surface area contributed by atoms with E-state index in [9.17, 15) is 9.13 Å². The van der Waals surface area contributed by atoms with Gasteiger partial charge in [0.2, 0.25) is 0 Å². The lowest BCUT2D eigenvalue weighted by Gasteiger charge is -2.27. The first-order chi connectivity index (χ1) is 7.60. The summed E-state index contributed by atoms with van der Waals surface area (Å²) in [5.74, 6) is 0. The SMILES string of the molecule is O=P(O)(Cl)OP(=O)(O)OCC(CO)(CO)CO. The molecule has 2 atom stereocenters. The number of rotatable bonds is 8. The minimum atomic E-state index is -4.93. The first kappa shape index (κ1) is 17.5. The summed E-state index contributed by atoms with van der Waals surface area (Å²) in [6, 6.07) is 0. The minimum Gasteiger partial charge on any atom is -0.396 e. The summed E-state index contributed by atoms with van der Waals surface area (Å²) in [6.45, 7) is -7.74. The Morgan fingerprint density at radius 1 is 1.06 bits per heavy atom. The molecule has 0 aliphatic carbocycles. The van der Waals surface area contributed by atoms with Crippen molar-refractivity contribution in [2.24, 2.45) is 5.41 Å². The average Bonchev–Trinajstić information content (AvgIpc) is 2.17. The Morgan fingerprint density at radius 3 is 1.76 bits per heavy atom. The topological polar surface area (TPSA) is 154 Å². The van der Waals surface area contributed by atoms with Gasteiger partial charge in [-0.1, -0.05) is 0 Å². The van der Waals surface area contributed by atoms with Crippen molar-refractivity contribution in [3.63, 3.8) is 0 Å². The van der Waals surface area contributed by atoms with Crippen LogP contribution in [0.1, 0.15) is 0 Å². The molecule has 0 amide bonds. The molecule has 0 rings (SSSR count). The Kier molecular flexibility index (Phi) is 6.76. The Hall–Kier alpha value is 0.470. The largest absolute Gasteiger partial charge is 0.480 e. The van der Waals surface area contributed by atoms with E-state index in [2.05, 4.69) is 8.83 Å². The van der Waals surface area contributed by atoms with Crippen LogP contribution in [0.4, 0.5) is 0 Å². The first-order valence-corrected chi connectivity index (χ1v) is 8.11. The van der Waals surface area contributed by atoms with Crippen LogP contribution in [-0.2, 0) is 18.0 Å². The van der Waals surface area contributed by atoms with Crippen LogP contribution in [0.15, 0.2) is 0 Å². The van der Waals surface area contributed by atoms with Crippen molar-refractivity contribution in [3.8, 4) is 0 Å². The van der Waals surface area contributed by atoms with E-state index in [0.29, 0.717) is 0 Å². The molecule has 5 N–H and O–H groups in total. The summed E-state index contributed by atoms with van der Waals surface area (Å²) in [5.41, 5.74) is -1.58. The van der Waals surface area contributed by atoms with Gasteiger partial charge in [-0.05, 0) is 0 Å². The van der Waals surface area contributed by atoms with E-state index in [4.69, 9.17) is 36.3 Å². The van der Waals surface area contributed by atoms with E-state index in [-0.39, 0.29) is 0 Å². The second-order valence-electron chi connectivity index (χ2n) is 3.25. The molecule has 0 bridgehead atoms. The van der Waals surface area contributed by atoms with Crippen LogP contribution in [0.2, 0.25) is 0 Å². The van der Waals surface area contributed by atoms with Gasteiger partial charge in [-0.25, -0.2) is 9.13 Å². The normalized spacial score (nSPS) is 19.6. The lowest BCUT2D eigenvalue weighted by atomic mass is 9.93. The van der Waals surface area contributed by atoms with Gasteiger partial charge in [0.05, 0.1) is 31.8 Å². The van der Waals surface area contributed by atoms with Gasteiger partial charge in [-0.2, -0.15) is 4.31 Å². The van der Waals surface area contributed by atoms with Gasteiger partial charge >= 0.3 is 14.8 Å². The molecule has 0 saturated heterocycles. The maximum atomic E-state index is 11.1. The van der Waals surface area contributed by atoms with Gasteiger partial charge in [0.15, 0.2) is 0 Å². The van der Waals surface area contributed by atoms with Crippen molar-refractivity contribution in [2.75, 3.05) is 26.4 Å². The van der Waals surface area contributed by atoms with Crippen LogP contribution >= 0.6 is 26.0 Å². The lowest BCUT2D eigenvalue weighted by Crippen LogP contribution is -2.38. The van der Waals surface area contributed by atoms with E-state index in [1.807, 2.05) is 0 Å². The molecular formula is C5H13ClO9P2. The summed E-state index contributed by atoms with van der Waals surface area (Å²) in [4.78, 5) is 17.4. The summed E-state index contributed by atoms with van der Waals surface area (Å²) in [5, 5.41) is 26.6. The second-order valence-corrected chi connectivity index (χ2v) is 7.28. The molecule has 0 aromatic rings. The molecule has 9 nitrogen and oxygen atoms in total.